The second-order valence-corrected chi connectivity index (χ2v) is 5.01. The van der Waals surface area contributed by atoms with Gasteiger partial charge in [-0.15, -0.1) is 0 Å². The first-order valence-corrected chi connectivity index (χ1v) is 6.65. The summed E-state index contributed by atoms with van der Waals surface area (Å²) in [6.45, 7) is 6.40. The van der Waals surface area contributed by atoms with Gasteiger partial charge in [-0.2, -0.15) is 0 Å². The van der Waals surface area contributed by atoms with Crippen molar-refractivity contribution < 1.29 is 9.94 Å². The first-order chi connectivity index (χ1) is 10.0. The van der Waals surface area contributed by atoms with Crippen LogP contribution in [0.3, 0.4) is 0 Å². The Bertz CT molecular complexity index is 658. The molecule has 0 spiro atoms. The minimum absolute atomic E-state index is 0.0217. The van der Waals surface area contributed by atoms with Gasteiger partial charge in [-0.1, -0.05) is 28.9 Å². The summed E-state index contributed by atoms with van der Waals surface area (Å²) in [5, 5.41) is 11.8. The van der Waals surface area contributed by atoms with Gasteiger partial charge in [0.25, 0.3) is 0 Å². The minimum Gasteiger partial charge on any atom is -0.488 e. The van der Waals surface area contributed by atoms with Crippen LogP contribution in [0.15, 0.2) is 35.6 Å². The molecular formula is C16H19N3O2. The van der Waals surface area contributed by atoms with Crippen molar-refractivity contribution in [3.63, 3.8) is 0 Å². The Morgan fingerprint density at radius 1 is 1.29 bits per heavy atom. The highest BCUT2D eigenvalue weighted by molar-refractivity contribution is 5.96. The molecule has 5 nitrogen and oxygen atoms in total. The second-order valence-electron chi connectivity index (χ2n) is 5.01. The smallest absolute Gasteiger partial charge is 0.189 e. The summed E-state index contributed by atoms with van der Waals surface area (Å²) in [5.41, 5.74) is 10.2. The standard InChI is InChI=1S/C16H19N3O2/c1-10-7-11(2)15(12(3)8-10)21-9-13-5-4-6-18-14(13)16(17)19-20/h4-8,20H,9H2,1-3H3,(H2,17,19). The average Bonchev–Trinajstić information content (AvgIpc) is 2.45. The molecule has 1 aromatic carbocycles. The highest BCUT2D eigenvalue weighted by atomic mass is 16.5. The number of oxime groups is 1. The first-order valence-electron chi connectivity index (χ1n) is 6.65. The minimum atomic E-state index is -0.0217. The SMILES string of the molecule is Cc1cc(C)c(OCc2cccnc2C(N)=NO)c(C)c1. The molecule has 0 bridgehead atoms. The van der Waals surface area contributed by atoms with Crippen LogP contribution in [-0.4, -0.2) is 16.0 Å². The molecule has 1 heterocycles. The zero-order chi connectivity index (χ0) is 15.4. The molecule has 0 radical (unpaired) electrons. The number of ether oxygens (including phenoxy) is 1. The lowest BCUT2D eigenvalue weighted by atomic mass is 10.1. The molecule has 0 aliphatic carbocycles. The fourth-order valence-corrected chi connectivity index (χ4v) is 2.38. The topological polar surface area (TPSA) is 80.7 Å². The van der Waals surface area contributed by atoms with Crippen LogP contribution in [0.1, 0.15) is 27.9 Å². The second kappa shape index (κ2) is 6.26. The molecule has 0 atom stereocenters. The number of nitrogens with two attached hydrogens (primary N) is 1. The van der Waals surface area contributed by atoms with Gasteiger partial charge < -0.3 is 15.7 Å². The van der Waals surface area contributed by atoms with Gasteiger partial charge >= 0.3 is 0 Å². The lowest BCUT2D eigenvalue weighted by Gasteiger charge is -2.14. The zero-order valence-electron chi connectivity index (χ0n) is 12.4. The Labute approximate surface area is 124 Å². The molecule has 110 valence electrons. The van der Waals surface area contributed by atoms with Crippen molar-refractivity contribution in [3.05, 3.63) is 58.4 Å². The number of rotatable bonds is 4. The molecule has 1 aromatic heterocycles. The molecule has 5 heteroatoms. The van der Waals surface area contributed by atoms with Crippen LogP contribution in [0.25, 0.3) is 0 Å². The maximum Gasteiger partial charge on any atom is 0.189 e. The van der Waals surface area contributed by atoms with Gasteiger partial charge in [0.05, 0.1) is 0 Å². The number of aryl methyl sites for hydroxylation is 3. The Morgan fingerprint density at radius 3 is 2.57 bits per heavy atom. The van der Waals surface area contributed by atoms with Crippen LogP contribution in [0, 0.1) is 20.8 Å². The molecular weight excluding hydrogens is 266 g/mol. The predicted octanol–water partition coefficient (Wildman–Crippen LogP) is 2.68. The van der Waals surface area contributed by atoms with E-state index in [0.29, 0.717) is 12.3 Å². The Hall–Kier alpha value is -2.56. The number of nitrogens with zero attached hydrogens (tertiary/aromatic N) is 2. The third-order valence-corrected chi connectivity index (χ3v) is 3.22. The Balaban J connectivity index is 2.26. The van der Waals surface area contributed by atoms with Gasteiger partial charge in [-0.25, -0.2) is 0 Å². The van der Waals surface area contributed by atoms with Gasteiger partial charge in [0.15, 0.2) is 5.84 Å². The van der Waals surface area contributed by atoms with E-state index in [9.17, 15) is 0 Å². The van der Waals surface area contributed by atoms with E-state index in [0.717, 1.165) is 22.4 Å². The molecule has 2 rings (SSSR count). The summed E-state index contributed by atoms with van der Waals surface area (Å²) < 4.78 is 5.91. The third-order valence-electron chi connectivity index (χ3n) is 3.22. The number of pyridine rings is 1. The molecule has 0 saturated carbocycles. The largest absolute Gasteiger partial charge is 0.488 e. The number of amidine groups is 1. The van der Waals surface area contributed by atoms with Crippen LogP contribution in [-0.2, 0) is 6.61 Å². The normalized spacial score (nSPS) is 11.5. The van der Waals surface area contributed by atoms with E-state index in [-0.39, 0.29) is 5.84 Å². The van der Waals surface area contributed by atoms with Gasteiger partial charge in [0.2, 0.25) is 0 Å². The van der Waals surface area contributed by atoms with Crippen molar-refractivity contribution >= 4 is 5.84 Å². The molecule has 0 aliphatic rings. The highest BCUT2D eigenvalue weighted by Crippen LogP contribution is 2.25. The molecule has 3 N–H and O–H groups in total. The van der Waals surface area contributed by atoms with Crippen LogP contribution in [0.2, 0.25) is 0 Å². The van der Waals surface area contributed by atoms with Crippen LogP contribution in [0.4, 0.5) is 0 Å². The molecule has 0 saturated heterocycles. The lowest BCUT2D eigenvalue weighted by molar-refractivity contribution is 0.300. The van der Waals surface area contributed by atoms with E-state index in [1.807, 2.05) is 19.9 Å². The van der Waals surface area contributed by atoms with E-state index >= 15 is 0 Å². The number of hydrogen-bond acceptors (Lipinski definition) is 4. The maximum atomic E-state index is 8.80. The third kappa shape index (κ3) is 3.31. The van der Waals surface area contributed by atoms with Crippen molar-refractivity contribution in [1.82, 2.24) is 4.98 Å². The summed E-state index contributed by atoms with van der Waals surface area (Å²) in [4.78, 5) is 4.12. The van der Waals surface area contributed by atoms with E-state index in [1.165, 1.54) is 5.56 Å². The van der Waals surface area contributed by atoms with Crippen molar-refractivity contribution in [3.8, 4) is 5.75 Å². The van der Waals surface area contributed by atoms with Gasteiger partial charge in [-0.3, -0.25) is 4.98 Å². The fraction of sp³-hybridized carbons (Fsp3) is 0.250. The highest BCUT2D eigenvalue weighted by Gasteiger charge is 2.11. The van der Waals surface area contributed by atoms with Gasteiger partial charge in [0.1, 0.15) is 18.1 Å². The molecule has 0 fully saturated rings. The molecule has 0 unspecified atom stereocenters. The predicted molar refractivity (Wildman–Crippen MR) is 81.7 cm³/mol. The molecule has 0 aliphatic heterocycles. The van der Waals surface area contributed by atoms with Crippen molar-refractivity contribution in [2.45, 2.75) is 27.4 Å². The summed E-state index contributed by atoms with van der Waals surface area (Å²) in [6.07, 6.45) is 1.60. The van der Waals surface area contributed by atoms with E-state index < -0.39 is 0 Å². The fourth-order valence-electron chi connectivity index (χ4n) is 2.38. The van der Waals surface area contributed by atoms with Gasteiger partial charge in [-0.05, 0) is 38.0 Å². The van der Waals surface area contributed by atoms with Crippen LogP contribution < -0.4 is 10.5 Å². The number of aromatic nitrogens is 1. The van der Waals surface area contributed by atoms with Crippen LogP contribution >= 0.6 is 0 Å². The molecule has 21 heavy (non-hydrogen) atoms. The maximum absolute atomic E-state index is 8.80. The Kier molecular flexibility index (Phi) is 4.42. The number of hydrogen-bond donors (Lipinski definition) is 2. The van der Waals surface area contributed by atoms with E-state index in [2.05, 4.69) is 29.2 Å². The first kappa shape index (κ1) is 14.8. The Morgan fingerprint density at radius 2 is 1.95 bits per heavy atom. The quantitative estimate of drug-likeness (QED) is 0.392. The zero-order valence-corrected chi connectivity index (χ0v) is 12.4. The van der Waals surface area contributed by atoms with Crippen molar-refractivity contribution in [2.75, 3.05) is 0 Å². The van der Waals surface area contributed by atoms with E-state index in [1.54, 1.807) is 12.3 Å². The number of benzene rings is 1. The van der Waals surface area contributed by atoms with E-state index in [4.69, 9.17) is 15.7 Å². The summed E-state index contributed by atoms with van der Waals surface area (Å²) >= 11 is 0. The van der Waals surface area contributed by atoms with Crippen molar-refractivity contribution in [1.29, 1.82) is 0 Å². The monoisotopic (exact) mass is 285 g/mol. The summed E-state index contributed by atoms with van der Waals surface area (Å²) in [6, 6.07) is 7.80. The lowest BCUT2D eigenvalue weighted by Crippen LogP contribution is -2.18. The molecule has 0 amide bonds. The summed E-state index contributed by atoms with van der Waals surface area (Å²) in [5.74, 6) is 0.835. The average molecular weight is 285 g/mol. The van der Waals surface area contributed by atoms with Crippen molar-refractivity contribution in [2.24, 2.45) is 10.9 Å². The summed E-state index contributed by atoms with van der Waals surface area (Å²) in [7, 11) is 0. The molecule has 2 aromatic rings. The van der Waals surface area contributed by atoms with Crippen LogP contribution in [0.5, 0.6) is 5.75 Å². The van der Waals surface area contributed by atoms with Gasteiger partial charge in [0, 0.05) is 11.8 Å².